The number of methoxy groups -OCH3 is 1. The minimum Gasteiger partial charge on any atom is -0.497 e. The molecule has 9 heteroatoms. The van der Waals surface area contributed by atoms with Gasteiger partial charge in [0.05, 0.1) is 36.3 Å². The summed E-state index contributed by atoms with van der Waals surface area (Å²) < 4.78 is 9.09. The molecule has 0 aliphatic carbocycles. The van der Waals surface area contributed by atoms with Crippen LogP contribution in [0.2, 0.25) is 0 Å². The number of carbonyl (C=O) groups is 3. The molecule has 2 amide bonds. The number of hydrogen-bond acceptors (Lipinski definition) is 7. The van der Waals surface area contributed by atoms with Crippen LogP contribution in [0.25, 0.3) is 0 Å². The second kappa shape index (κ2) is 9.51. The average molecular weight is 527 g/mol. The minimum absolute atomic E-state index is 0.166. The first kappa shape index (κ1) is 25.9. The standard InChI is InChI=1S/C28H34N2O6S/c1-17(2)15-19(16-31)30-23-25(33)29(18-7-9-20(35-4)10-8-18)13-5-12-28(23)21(24(30)32)22-26(34)36-14-6-11-27(22,3)37-28/h5-12,17,19,21-23,31H,13-16H2,1-4H3/t19-,21+,22+,23?,27-,28+/m1/s1. The third-order valence-electron chi connectivity index (χ3n) is 7.98. The molecule has 1 spiro atoms. The molecule has 0 aromatic heterocycles. The zero-order valence-electron chi connectivity index (χ0n) is 21.6. The Bertz CT molecular complexity index is 1150. The van der Waals surface area contributed by atoms with E-state index < -0.39 is 39.4 Å². The van der Waals surface area contributed by atoms with Gasteiger partial charge in [-0.3, -0.25) is 14.4 Å². The Balaban J connectivity index is 1.65. The molecule has 198 valence electrons. The lowest BCUT2D eigenvalue weighted by molar-refractivity contribution is -0.153. The molecule has 1 aromatic rings. The number of cyclic esters (lactones) is 1. The fourth-order valence-electron chi connectivity index (χ4n) is 6.50. The normalized spacial score (nSPS) is 33.6. The minimum atomic E-state index is -0.972. The molecule has 0 saturated carbocycles. The predicted molar refractivity (Wildman–Crippen MR) is 141 cm³/mol. The lowest BCUT2D eigenvalue weighted by Gasteiger charge is -2.40. The van der Waals surface area contributed by atoms with E-state index >= 15 is 0 Å². The van der Waals surface area contributed by atoms with Crippen LogP contribution in [0.1, 0.15) is 27.2 Å². The Morgan fingerprint density at radius 1 is 1.11 bits per heavy atom. The number of ether oxygens (including phenoxy) is 2. The van der Waals surface area contributed by atoms with Crippen molar-refractivity contribution < 1.29 is 29.0 Å². The summed E-state index contributed by atoms with van der Waals surface area (Å²) in [5.74, 6) is -1.56. The number of rotatable bonds is 6. The third kappa shape index (κ3) is 3.98. The Morgan fingerprint density at radius 2 is 1.84 bits per heavy atom. The topological polar surface area (TPSA) is 96.4 Å². The number of esters is 1. The highest BCUT2D eigenvalue weighted by molar-refractivity contribution is 8.02. The van der Waals surface area contributed by atoms with Crippen LogP contribution in [0.3, 0.4) is 0 Å². The molecule has 2 saturated heterocycles. The highest BCUT2D eigenvalue weighted by Gasteiger charge is 2.74. The van der Waals surface area contributed by atoms with E-state index in [4.69, 9.17) is 9.47 Å². The quantitative estimate of drug-likeness (QED) is 0.450. The summed E-state index contributed by atoms with van der Waals surface area (Å²) in [7, 11) is 1.59. The summed E-state index contributed by atoms with van der Waals surface area (Å²) in [5, 5.41) is 10.4. The third-order valence-corrected chi connectivity index (χ3v) is 9.78. The van der Waals surface area contributed by atoms with Crippen molar-refractivity contribution in [2.45, 2.75) is 48.8 Å². The molecule has 2 fully saturated rings. The van der Waals surface area contributed by atoms with Gasteiger partial charge in [-0.15, -0.1) is 11.8 Å². The van der Waals surface area contributed by atoms with E-state index in [0.717, 1.165) is 0 Å². The molecule has 6 atom stereocenters. The maximum absolute atomic E-state index is 14.5. The fraction of sp³-hybridized carbons (Fsp3) is 0.536. The molecule has 4 aliphatic rings. The van der Waals surface area contributed by atoms with Crippen molar-refractivity contribution in [2.75, 3.05) is 31.8 Å². The summed E-state index contributed by atoms with van der Waals surface area (Å²) in [6.07, 6.45) is 8.21. The van der Waals surface area contributed by atoms with Crippen molar-refractivity contribution in [3.05, 3.63) is 48.6 Å². The van der Waals surface area contributed by atoms with Gasteiger partial charge in [-0.05, 0) is 49.6 Å². The van der Waals surface area contributed by atoms with Crippen molar-refractivity contribution in [2.24, 2.45) is 17.8 Å². The van der Waals surface area contributed by atoms with Crippen molar-refractivity contribution in [3.63, 3.8) is 0 Å². The first-order valence-electron chi connectivity index (χ1n) is 12.8. The number of benzene rings is 1. The number of nitrogens with zero attached hydrogens (tertiary/aromatic N) is 2. The van der Waals surface area contributed by atoms with Crippen LogP contribution in [0.15, 0.2) is 48.6 Å². The van der Waals surface area contributed by atoms with Gasteiger partial charge in [-0.1, -0.05) is 32.1 Å². The lowest BCUT2D eigenvalue weighted by atomic mass is 9.75. The van der Waals surface area contributed by atoms with Gasteiger partial charge < -0.3 is 24.4 Å². The highest BCUT2D eigenvalue weighted by atomic mass is 32.2. The van der Waals surface area contributed by atoms with Crippen LogP contribution in [-0.2, 0) is 19.1 Å². The molecule has 1 aromatic carbocycles. The van der Waals surface area contributed by atoms with Gasteiger partial charge in [0.1, 0.15) is 18.4 Å². The number of amides is 2. The Hall–Kier alpha value is -2.78. The van der Waals surface area contributed by atoms with Crippen LogP contribution < -0.4 is 9.64 Å². The largest absolute Gasteiger partial charge is 0.497 e. The zero-order chi connectivity index (χ0) is 26.5. The Labute approximate surface area is 221 Å². The molecule has 0 radical (unpaired) electrons. The average Bonchev–Trinajstić information content (AvgIpc) is 3.13. The fourth-order valence-corrected chi connectivity index (χ4v) is 8.64. The number of thioether (sulfide) groups is 1. The van der Waals surface area contributed by atoms with Crippen molar-refractivity contribution >= 4 is 35.2 Å². The molecular weight excluding hydrogens is 492 g/mol. The van der Waals surface area contributed by atoms with E-state index in [1.54, 1.807) is 29.0 Å². The zero-order valence-corrected chi connectivity index (χ0v) is 22.4. The van der Waals surface area contributed by atoms with Gasteiger partial charge in [-0.25, -0.2) is 0 Å². The molecule has 0 bridgehead atoms. The van der Waals surface area contributed by atoms with Gasteiger partial charge in [0.25, 0.3) is 5.91 Å². The monoisotopic (exact) mass is 526 g/mol. The number of aliphatic hydroxyl groups is 1. The molecular formula is C28H34N2O6S. The van der Waals surface area contributed by atoms with Crippen LogP contribution >= 0.6 is 11.8 Å². The van der Waals surface area contributed by atoms with Crippen LogP contribution in [0.5, 0.6) is 5.75 Å². The lowest BCUT2D eigenvalue weighted by Crippen LogP contribution is -2.57. The Kier molecular flexibility index (Phi) is 6.64. The van der Waals surface area contributed by atoms with Crippen LogP contribution in [-0.4, -0.2) is 76.2 Å². The van der Waals surface area contributed by atoms with Gasteiger partial charge in [0, 0.05) is 17.0 Å². The van der Waals surface area contributed by atoms with Gasteiger partial charge >= 0.3 is 5.97 Å². The highest BCUT2D eigenvalue weighted by Crippen LogP contribution is 2.65. The number of aliphatic hydroxyl groups excluding tert-OH is 1. The second-order valence-electron chi connectivity index (χ2n) is 10.8. The summed E-state index contributed by atoms with van der Waals surface area (Å²) >= 11 is 1.50. The second-order valence-corrected chi connectivity index (χ2v) is 12.6. The predicted octanol–water partition coefficient (Wildman–Crippen LogP) is 2.81. The SMILES string of the molecule is COc1ccc(N2CC=C[C@]34S[C@]5(C)C=CCOC(=O)[C@@H]5[C@H]3C(=O)N([C@@H](CO)CC(C)C)C4C2=O)cc1. The number of carbonyl (C=O) groups excluding carboxylic acids is 3. The number of hydrogen-bond donors (Lipinski definition) is 1. The van der Waals surface area contributed by atoms with E-state index in [9.17, 15) is 19.5 Å². The smallest absolute Gasteiger partial charge is 0.311 e. The first-order chi connectivity index (χ1) is 17.7. The van der Waals surface area contributed by atoms with Crippen LogP contribution in [0.4, 0.5) is 5.69 Å². The van der Waals surface area contributed by atoms with Gasteiger partial charge in [-0.2, -0.15) is 0 Å². The number of anilines is 1. The molecule has 1 N–H and O–H groups in total. The Morgan fingerprint density at radius 3 is 2.49 bits per heavy atom. The molecule has 8 nitrogen and oxygen atoms in total. The first-order valence-corrected chi connectivity index (χ1v) is 13.6. The van der Waals surface area contributed by atoms with Crippen molar-refractivity contribution in [3.8, 4) is 5.75 Å². The van der Waals surface area contributed by atoms with E-state index in [0.29, 0.717) is 24.4 Å². The molecule has 37 heavy (non-hydrogen) atoms. The molecule has 5 rings (SSSR count). The maximum atomic E-state index is 14.5. The summed E-state index contributed by atoms with van der Waals surface area (Å²) in [5.41, 5.74) is 0.690. The van der Waals surface area contributed by atoms with E-state index in [-0.39, 0.29) is 30.9 Å². The number of fused-ring (bicyclic) bond motifs is 2. The summed E-state index contributed by atoms with van der Waals surface area (Å²) in [6.45, 7) is 6.23. The molecule has 1 unspecified atom stereocenters. The number of likely N-dealkylation sites (tertiary alicyclic amines) is 1. The van der Waals surface area contributed by atoms with Gasteiger partial charge in [0.2, 0.25) is 5.91 Å². The van der Waals surface area contributed by atoms with Gasteiger partial charge in [0.15, 0.2) is 0 Å². The molecule has 4 aliphatic heterocycles. The van der Waals surface area contributed by atoms with Crippen molar-refractivity contribution in [1.29, 1.82) is 0 Å². The summed E-state index contributed by atoms with van der Waals surface area (Å²) in [4.78, 5) is 45.3. The van der Waals surface area contributed by atoms with E-state index in [1.807, 2.05) is 57.2 Å². The van der Waals surface area contributed by atoms with E-state index in [2.05, 4.69) is 0 Å². The summed E-state index contributed by atoms with van der Waals surface area (Å²) in [6, 6.07) is 5.83. The van der Waals surface area contributed by atoms with Crippen molar-refractivity contribution in [1.82, 2.24) is 4.90 Å². The molecule has 4 heterocycles. The van der Waals surface area contributed by atoms with Crippen LogP contribution in [0, 0.1) is 17.8 Å². The maximum Gasteiger partial charge on any atom is 0.311 e. The van der Waals surface area contributed by atoms with E-state index in [1.165, 1.54) is 11.8 Å².